The van der Waals surface area contributed by atoms with Crippen molar-refractivity contribution in [2.24, 2.45) is 23.7 Å². The summed E-state index contributed by atoms with van der Waals surface area (Å²) in [5.41, 5.74) is 0. The fourth-order valence-corrected chi connectivity index (χ4v) is 14.3. The molecule has 5 unspecified atom stereocenters. The van der Waals surface area contributed by atoms with Crippen molar-refractivity contribution in [2.45, 2.75) is 446 Å². The van der Waals surface area contributed by atoms with Crippen molar-refractivity contribution in [1.82, 2.24) is 0 Å². The molecule has 0 aliphatic heterocycles. The van der Waals surface area contributed by atoms with Gasteiger partial charge in [-0.05, 0) is 49.4 Å². The molecule has 19 heteroatoms. The van der Waals surface area contributed by atoms with Crippen molar-refractivity contribution in [1.29, 1.82) is 0 Å². The van der Waals surface area contributed by atoms with Gasteiger partial charge in [-0.3, -0.25) is 37.3 Å². The molecule has 0 spiro atoms. The molecular weight excluding hydrogens is 1330 g/mol. The summed E-state index contributed by atoms with van der Waals surface area (Å²) in [5, 5.41) is 10.6. The number of aliphatic hydroxyl groups is 1. The van der Waals surface area contributed by atoms with Gasteiger partial charge in [-0.25, -0.2) is 9.13 Å². The van der Waals surface area contributed by atoms with Gasteiger partial charge in [0.15, 0.2) is 12.2 Å². The number of phosphoric acid groups is 2. The zero-order valence-electron chi connectivity index (χ0n) is 67.2. The molecular formula is C83H162O17P2. The lowest BCUT2D eigenvalue weighted by Gasteiger charge is -2.21. The highest BCUT2D eigenvalue weighted by molar-refractivity contribution is 7.47. The zero-order chi connectivity index (χ0) is 75.3. The van der Waals surface area contributed by atoms with Gasteiger partial charge in [-0.2, -0.15) is 0 Å². The van der Waals surface area contributed by atoms with E-state index < -0.39 is 97.5 Å². The minimum Gasteiger partial charge on any atom is -0.462 e. The monoisotopic (exact) mass is 1490 g/mol. The molecule has 17 nitrogen and oxygen atoms in total. The van der Waals surface area contributed by atoms with E-state index in [2.05, 4.69) is 55.4 Å². The lowest BCUT2D eigenvalue weighted by atomic mass is 9.99. The maximum atomic E-state index is 13.1. The average molecular weight is 1490 g/mol. The maximum Gasteiger partial charge on any atom is 0.472 e. The first-order valence-electron chi connectivity index (χ1n) is 42.8. The molecule has 0 aliphatic carbocycles. The second-order valence-corrected chi connectivity index (χ2v) is 34.0. The van der Waals surface area contributed by atoms with Crippen LogP contribution in [0, 0.1) is 23.7 Å². The standard InChI is InChI=1S/C83H162O17P2/c1-9-74(6)60-52-44-36-30-24-20-16-14-12-13-15-17-22-26-32-39-49-57-65-82(87)99-78(69-93-80(85)63-55-47-38-34-28-29-35-43-51-59-73(4)5)71-97-101(89,90)95-67-77(84)68-96-102(91,92)98-72-79(70-94-81(86)64-56-48-42-41-46-54-62-76(8)11-3)100-83(88)66-58-50-40-33-27-23-19-18-21-25-31-37-45-53-61-75(7)10-2/h73-79,84H,9-72H2,1-8H3,(H,89,90)(H,91,92)/t74?,75?,76?,77-,78-,79-/m1/s1. The van der Waals surface area contributed by atoms with Gasteiger partial charge in [0, 0.05) is 25.7 Å². The van der Waals surface area contributed by atoms with Crippen LogP contribution in [0.2, 0.25) is 0 Å². The number of ether oxygens (including phenoxy) is 4. The summed E-state index contributed by atoms with van der Waals surface area (Å²) in [7, 11) is -9.92. The van der Waals surface area contributed by atoms with Gasteiger partial charge in [0.2, 0.25) is 0 Å². The molecule has 0 amide bonds. The molecule has 0 rings (SSSR count). The third kappa shape index (κ3) is 72.3. The Morgan fingerprint density at radius 2 is 0.471 bits per heavy atom. The van der Waals surface area contributed by atoms with E-state index in [9.17, 15) is 43.2 Å². The van der Waals surface area contributed by atoms with Crippen molar-refractivity contribution >= 4 is 39.5 Å². The predicted octanol–water partition coefficient (Wildman–Crippen LogP) is 24.8. The summed E-state index contributed by atoms with van der Waals surface area (Å²) in [6.07, 6.45) is 59.7. The normalized spacial score (nSPS) is 14.8. The molecule has 0 saturated carbocycles. The zero-order valence-corrected chi connectivity index (χ0v) is 69.0. The van der Waals surface area contributed by atoms with Crippen LogP contribution in [0.4, 0.5) is 0 Å². The van der Waals surface area contributed by atoms with E-state index in [0.717, 1.165) is 120 Å². The molecule has 8 atom stereocenters. The van der Waals surface area contributed by atoms with Gasteiger partial charge in [0.25, 0.3) is 0 Å². The number of hydrogen-bond acceptors (Lipinski definition) is 15. The third-order valence-corrected chi connectivity index (χ3v) is 22.3. The molecule has 0 radical (unpaired) electrons. The Kier molecular flexibility index (Phi) is 70.6. The highest BCUT2D eigenvalue weighted by Crippen LogP contribution is 2.45. The Labute approximate surface area is 626 Å². The molecule has 0 saturated heterocycles. The van der Waals surface area contributed by atoms with Crippen LogP contribution >= 0.6 is 15.6 Å². The molecule has 0 bridgehead atoms. The van der Waals surface area contributed by atoms with Gasteiger partial charge in [-0.1, -0.05) is 376 Å². The Morgan fingerprint density at radius 1 is 0.275 bits per heavy atom. The first-order valence-corrected chi connectivity index (χ1v) is 45.8. The molecule has 0 aromatic rings. The highest BCUT2D eigenvalue weighted by Gasteiger charge is 2.30. The van der Waals surface area contributed by atoms with Crippen LogP contribution in [0.1, 0.15) is 428 Å². The second-order valence-electron chi connectivity index (χ2n) is 31.1. The summed E-state index contributed by atoms with van der Waals surface area (Å²) in [4.78, 5) is 73.1. The number of esters is 4. The third-order valence-electron chi connectivity index (χ3n) is 20.4. The van der Waals surface area contributed by atoms with Crippen molar-refractivity contribution < 1.29 is 80.2 Å². The maximum absolute atomic E-state index is 13.1. The number of rotatable bonds is 80. The minimum absolute atomic E-state index is 0.106. The number of carbonyl (C=O) groups is 4. The van der Waals surface area contributed by atoms with E-state index in [0.29, 0.717) is 25.7 Å². The van der Waals surface area contributed by atoms with Crippen molar-refractivity contribution in [3.8, 4) is 0 Å². The first kappa shape index (κ1) is 100. The molecule has 3 N–H and O–H groups in total. The van der Waals surface area contributed by atoms with E-state index in [1.807, 2.05) is 0 Å². The highest BCUT2D eigenvalue weighted by atomic mass is 31.2. The van der Waals surface area contributed by atoms with Crippen molar-refractivity contribution in [2.75, 3.05) is 39.6 Å². The lowest BCUT2D eigenvalue weighted by Crippen LogP contribution is -2.30. The molecule has 0 fully saturated rings. The van der Waals surface area contributed by atoms with Gasteiger partial charge in [0.05, 0.1) is 26.4 Å². The number of unbranched alkanes of at least 4 members (excludes halogenated alkanes) is 43. The number of hydrogen-bond donors (Lipinski definition) is 3. The van der Waals surface area contributed by atoms with Crippen LogP contribution in [-0.2, 0) is 65.4 Å². The number of carbonyl (C=O) groups excluding carboxylic acids is 4. The number of aliphatic hydroxyl groups excluding tert-OH is 1. The van der Waals surface area contributed by atoms with Crippen LogP contribution < -0.4 is 0 Å². The minimum atomic E-state index is -4.96. The number of phosphoric ester groups is 2. The Morgan fingerprint density at radius 3 is 0.696 bits per heavy atom. The SMILES string of the molecule is CCC(C)CCCCCCCCCCCCCCCCCCCCC(=O)O[C@H](COC(=O)CCCCCCCCCCCC(C)C)COP(=O)(O)OC[C@@H](O)COP(=O)(O)OC[C@@H](COC(=O)CCCCCCCCC(C)CC)OC(=O)CCCCCCCCCCCCCCCCC(C)CC. The van der Waals surface area contributed by atoms with Crippen LogP contribution in [0.15, 0.2) is 0 Å². The molecule has 0 heterocycles. The quantitative estimate of drug-likeness (QED) is 0.0222. The summed E-state index contributed by atoms with van der Waals surface area (Å²) >= 11 is 0. The Hall–Kier alpha value is -1.94. The van der Waals surface area contributed by atoms with Gasteiger partial charge in [-0.15, -0.1) is 0 Å². The topological polar surface area (TPSA) is 237 Å². The van der Waals surface area contributed by atoms with Crippen LogP contribution in [-0.4, -0.2) is 96.7 Å². The largest absolute Gasteiger partial charge is 0.472 e. The molecule has 0 aliphatic rings. The summed E-state index contributed by atoms with van der Waals surface area (Å²) in [6, 6.07) is 0. The Bertz CT molecular complexity index is 1990. The Balaban J connectivity index is 5.20. The van der Waals surface area contributed by atoms with Crippen molar-refractivity contribution in [3.63, 3.8) is 0 Å². The van der Waals surface area contributed by atoms with E-state index in [-0.39, 0.29) is 25.7 Å². The van der Waals surface area contributed by atoms with Crippen molar-refractivity contribution in [3.05, 3.63) is 0 Å². The molecule has 0 aromatic heterocycles. The van der Waals surface area contributed by atoms with E-state index in [1.165, 1.54) is 225 Å². The molecule has 102 heavy (non-hydrogen) atoms. The van der Waals surface area contributed by atoms with E-state index >= 15 is 0 Å². The lowest BCUT2D eigenvalue weighted by molar-refractivity contribution is -0.161. The van der Waals surface area contributed by atoms with Gasteiger partial charge in [0.1, 0.15) is 19.3 Å². The van der Waals surface area contributed by atoms with Crippen LogP contribution in [0.25, 0.3) is 0 Å². The van der Waals surface area contributed by atoms with Gasteiger partial charge < -0.3 is 33.8 Å². The van der Waals surface area contributed by atoms with E-state index in [1.54, 1.807) is 0 Å². The van der Waals surface area contributed by atoms with Crippen LogP contribution in [0.5, 0.6) is 0 Å². The first-order chi connectivity index (χ1) is 49.2. The molecule has 606 valence electrons. The molecule has 0 aromatic carbocycles. The second kappa shape index (κ2) is 72.0. The van der Waals surface area contributed by atoms with E-state index in [4.69, 9.17) is 37.0 Å². The fraction of sp³-hybridized carbons (Fsp3) is 0.952. The summed E-state index contributed by atoms with van der Waals surface area (Å²) in [6.45, 7) is 14.3. The van der Waals surface area contributed by atoms with Gasteiger partial charge >= 0.3 is 39.5 Å². The summed E-state index contributed by atoms with van der Waals surface area (Å²) in [5.74, 6) is 1.08. The van der Waals surface area contributed by atoms with Crippen LogP contribution in [0.3, 0.4) is 0 Å². The summed E-state index contributed by atoms with van der Waals surface area (Å²) < 4.78 is 68.7. The smallest absolute Gasteiger partial charge is 0.462 e. The fourth-order valence-electron chi connectivity index (χ4n) is 12.7. The predicted molar refractivity (Wildman–Crippen MR) is 418 cm³/mol. The average Bonchev–Trinajstić information content (AvgIpc) is 0.931.